The number of morpholine rings is 1. The highest BCUT2D eigenvalue weighted by Gasteiger charge is 2.28. The van der Waals surface area contributed by atoms with Crippen molar-refractivity contribution in [1.82, 2.24) is 34.7 Å². The van der Waals surface area contributed by atoms with Crippen molar-refractivity contribution in [3.05, 3.63) is 76.6 Å². The first-order valence-electron chi connectivity index (χ1n) is 14.5. The second kappa shape index (κ2) is 18.6. The van der Waals surface area contributed by atoms with Crippen molar-refractivity contribution in [3.63, 3.8) is 0 Å². The van der Waals surface area contributed by atoms with Crippen LogP contribution in [0, 0.1) is 0 Å². The number of nitrogens with zero attached hydrogens (tertiary/aromatic N) is 6. The molecule has 0 spiro atoms. The zero-order chi connectivity index (χ0) is 34.3. The maximum atomic E-state index is 12.3. The fraction of sp³-hybridized carbons (Fsp3) is 0.310. The SMILES string of the molecule is CCOC(=O)c1nnsc1N(C(=O)O)c1ccccc1.O=C(NCCN1CCOCC1)Nc1snnc1C(=O)NCc1ccc(Cl)cc1. The number of nitrogens with one attached hydrogen (secondary N) is 3. The van der Waals surface area contributed by atoms with Crippen LogP contribution >= 0.6 is 34.7 Å². The minimum atomic E-state index is -1.23. The van der Waals surface area contributed by atoms with Gasteiger partial charge in [-0.25, -0.2) is 19.3 Å². The number of carbonyl (C=O) groups excluding carboxylic acids is 3. The largest absolute Gasteiger partial charge is 0.464 e. The van der Waals surface area contributed by atoms with Crippen molar-refractivity contribution >= 4 is 74.4 Å². The molecule has 0 radical (unpaired) electrons. The predicted octanol–water partition coefficient (Wildman–Crippen LogP) is 4.11. The quantitative estimate of drug-likeness (QED) is 0.162. The molecular formula is C29H32ClN9O7S2. The average Bonchev–Trinajstić information content (AvgIpc) is 3.76. The number of para-hydroxylation sites is 1. The molecule has 4 N–H and O–H groups in total. The maximum Gasteiger partial charge on any atom is 0.417 e. The Bertz CT molecular complexity index is 1650. The van der Waals surface area contributed by atoms with Crippen molar-refractivity contribution in [3.8, 4) is 0 Å². The third-order valence-corrected chi connectivity index (χ3v) is 8.07. The molecule has 0 saturated carbocycles. The van der Waals surface area contributed by atoms with Gasteiger partial charge in [0.15, 0.2) is 15.7 Å². The smallest absolute Gasteiger partial charge is 0.417 e. The van der Waals surface area contributed by atoms with E-state index in [9.17, 15) is 24.3 Å². The number of ether oxygens (including phenoxy) is 2. The van der Waals surface area contributed by atoms with E-state index in [0.717, 1.165) is 53.2 Å². The van der Waals surface area contributed by atoms with Crippen LogP contribution in [0.2, 0.25) is 5.02 Å². The average molecular weight is 718 g/mol. The number of aromatic nitrogens is 4. The third-order valence-electron chi connectivity index (χ3n) is 6.46. The van der Waals surface area contributed by atoms with E-state index in [2.05, 4.69) is 40.0 Å². The van der Waals surface area contributed by atoms with Crippen molar-refractivity contribution in [2.24, 2.45) is 0 Å². The Morgan fingerprint density at radius 1 is 0.979 bits per heavy atom. The van der Waals surface area contributed by atoms with Crippen molar-refractivity contribution < 1.29 is 33.8 Å². The van der Waals surface area contributed by atoms with E-state index >= 15 is 0 Å². The van der Waals surface area contributed by atoms with Gasteiger partial charge in [-0.15, -0.1) is 10.2 Å². The highest BCUT2D eigenvalue weighted by molar-refractivity contribution is 7.11. The van der Waals surface area contributed by atoms with Crippen LogP contribution in [0.3, 0.4) is 0 Å². The first-order valence-corrected chi connectivity index (χ1v) is 16.5. The lowest BCUT2D eigenvalue weighted by Gasteiger charge is -2.26. The Morgan fingerprint density at radius 3 is 2.35 bits per heavy atom. The normalized spacial score (nSPS) is 12.6. The van der Waals surface area contributed by atoms with E-state index in [4.69, 9.17) is 21.1 Å². The van der Waals surface area contributed by atoms with Gasteiger partial charge >= 0.3 is 18.1 Å². The Labute approximate surface area is 288 Å². The Morgan fingerprint density at radius 2 is 1.67 bits per heavy atom. The summed E-state index contributed by atoms with van der Waals surface area (Å²) < 4.78 is 17.5. The second-order valence-electron chi connectivity index (χ2n) is 9.70. The lowest BCUT2D eigenvalue weighted by atomic mass is 10.2. The van der Waals surface area contributed by atoms with E-state index in [1.54, 1.807) is 49.4 Å². The minimum Gasteiger partial charge on any atom is -0.464 e. The number of rotatable bonds is 11. The number of halogens is 1. The van der Waals surface area contributed by atoms with E-state index < -0.39 is 24.0 Å². The zero-order valence-corrected chi connectivity index (χ0v) is 28.0. The number of amides is 4. The van der Waals surface area contributed by atoms with Crippen LogP contribution in [0.1, 0.15) is 33.5 Å². The molecule has 4 amide bonds. The molecule has 0 atom stereocenters. The molecule has 254 valence electrons. The Kier molecular flexibility index (Phi) is 13.9. The molecule has 1 aliphatic heterocycles. The van der Waals surface area contributed by atoms with Crippen LogP contribution in [0.25, 0.3) is 0 Å². The Hall–Kier alpha value is -4.75. The molecule has 0 bridgehead atoms. The number of hydrogen-bond acceptors (Lipinski definition) is 13. The summed E-state index contributed by atoms with van der Waals surface area (Å²) in [5.74, 6) is -1.11. The number of carboxylic acid groups (broad SMARTS) is 1. The zero-order valence-electron chi connectivity index (χ0n) is 25.6. The maximum absolute atomic E-state index is 12.3. The second-order valence-corrected chi connectivity index (χ2v) is 11.6. The fourth-order valence-electron chi connectivity index (χ4n) is 4.14. The van der Waals surface area contributed by atoms with Crippen LogP contribution in [0.5, 0.6) is 0 Å². The molecule has 2 aromatic carbocycles. The van der Waals surface area contributed by atoms with Crippen molar-refractivity contribution in [2.75, 3.05) is 56.2 Å². The summed E-state index contributed by atoms with van der Waals surface area (Å²) >= 11 is 7.62. The summed E-state index contributed by atoms with van der Waals surface area (Å²) in [7, 11) is 0. The molecule has 19 heteroatoms. The monoisotopic (exact) mass is 717 g/mol. The van der Waals surface area contributed by atoms with Crippen LogP contribution in [-0.4, -0.2) is 99.2 Å². The molecule has 16 nitrogen and oxygen atoms in total. The van der Waals surface area contributed by atoms with E-state index in [-0.39, 0.29) is 23.0 Å². The van der Waals surface area contributed by atoms with Gasteiger partial charge in [-0.2, -0.15) is 0 Å². The first kappa shape index (κ1) is 36.1. The predicted molar refractivity (Wildman–Crippen MR) is 179 cm³/mol. The first-order chi connectivity index (χ1) is 23.3. The van der Waals surface area contributed by atoms with Crippen LogP contribution in [-0.2, 0) is 16.0 Å². The summed E-state index contributed by atoms with van der Waals surface area (Å²) in [6.07, 6.45) is -1.23. The van der Waals surface area contributed by atoms with Crippen molar-refractivity contribution in [1.29, 1.82) is 0 Å². The molecule has 0 aliphatic carbocycles. The minimum absolute atomic E-state index is 0.0855. The lowest BCUT2D eigenvalue weighted by molar-refractivity contribution is 0.0388. The van der Waals surface area contributed by atoms with Crippen molar-refractivity contribution in [2.45, 2.75) is 13.5 Å². The molecule has 4 aromatic rings. The number of anilines is 3. The molecule has 1 aliphatic rings. The highest BCUT2D eigenvalue weighted by Crippen LogP contribution is 2.31. The molecule has 2 aromatic heterocycles. The Balaban J connectivity index is 0.000000229. The summed E-state index contributed by atoms with van der Waals surface area (Å²) in [5, 5.41) is 26.0. The molecule has 5 rings (SSSR count). The number of esters is 1. The van der Waals surface area contributed by atoms with Gasteiger partial charge < -0.3 is 25.2 Å². The molecule has 0 unspecified atom stereocenters. The lowest BCUT2D eigenvalue weighted by Crippen LogP contribution is -2.42. The van der Waals surface area contributed by atoms with Gasteiger partial charge in [0.05, 0.1) is 25.5 Å². The van der Waals surface area contributed by atoms with Crippen LogP contribution < -0.4 is 20.9 Å². The summed E-state index contributed by atoms with van der Waals surface area (Å²) in [6.45, 7) is 6.54. The number of hydrogen-bond donors (Lipinski definition) is 4. The van der Waals surface area contributed by atoms with Crippen LogP contribution in [0.15, 0.2) is 54.6 Å². The van der Waals surface area contributed by atoms with Gasteiger partial charge in [0.1, 0.15) is 0 Å². The molecule has 3 heterocycles. The van der Waals surface area contributed by atoms with Gasteiger partial charge in [0, 0.05) is 60.8 Å². The van der Waals surface area contributed by atoms with Crippen LogP contribution in [0.4, 0.5) is 25.3 Å². The molecule has 48 heavy (non-hydrogen) atoms. The van der Waals surface area contributed by atoms with E-state index in [1.807, 2.05) is 12.1 Å². The van der Waals surface area contributed by atoms with Gasteiger partial charge in [-0.3, -0.25) is 15.0 Å². The molecule has 1 saturated heterocycles. The molecule has 1 fully saturated rings. The molecular weight excluding hydrogens is 686 g/mol. The fourth-order valence-corrected chi connectivity index (χ4v) is 5.51. The summed E-state index contributed by atoms with van der Waals surface area (Å²) in [6, 6.07) is 15.1. The van der Waals surface area contributed by atoms with E-state index in [0.29, 0.717) is 42.0 Å². The topological polar surface area (TPSA) is 201 Å². The summed E-state index contributed by atoms with van der Waals surface area (Å²) in [4.78, 5) is 50.8. The standard InChI is InChI=1S/C17H21ClN6O3S.C12H11N3O4S/c18-13-3-1-12(2-4-13)11-20-15(25)14-16(28-23-22-14)21-17(26)19-5-6-24-7-9-27-10-8-24;1-2-19-11(16)9-10(20-14-13-9)15(12(17)18)8-6-4-3-5-7-8/h1-4H,5-11H2,(H,20,25)(H2,19,21,26);3-7H,2H2,1H3,(H,17,18). The third kappa shape index (κ3) is 10.6. The van der Waals surface area contributed by atoms with Gasteiger partial charge in [0.2, 0.25) is 5.69 Å². The number of benzene rings is 2. The highest BCUT2D eigenvalue weighted by atomic mass is 35.5. The van der Waals surface area contributed by atoms with Gasteiger partial charge in [-0.1, -0.05) is 50.9 Å². The van der Waals surface area contributed by atoms with Gasteiger partial charge in [-0.05, 0) is 36.8 Å². The summed E-state index contributed by atoms with van der Waals surface area (Å²) in [5.41, 5.74) is 1.28. The number of urea groups is 1. The van der Waals surface area contributed by atoms with Gasteiger partial charge in [0.25, 0.3) is 5.91 Å². The van der Waals surface area contributed by atoms with E-state index in [1.165, 1.54) is 0 Å². The number of carbonyl (C=O) groups is 4.